The zero-order chi connectivity index (χ0) is 14.8. The number of hydrogen-bond acceptors (Lipinski definition) is 4. The van der Waals surface area contributed by atoms with Crippen molar-refractivity contribution in [3.05, 3.63) is 68.1 Å². The fourth-order valence-electron chi connectivity index (χ4n) is 2.27. The number of carbonyl (C=O) groups excluding carboxylic acids is 1. The van der Waals surface area contributed by atoms with Crippen molar-refractivity contribution in [1.29, 1.82) is 0 Å². The number of carbonyl (C=O) groups is 1. The first kappa shape index (κ1) is 13.9. The number of halogens is 1. The molecular formula is C16H10INO3. The summed E-state index contributed by atoms with van der Waals surface area (Å²) in [5.74, 6) is -0.316. The maximum atomic E-state index is 12.0. The lowest BCUT2D eigenvalue weighted by Gasteiger charge is -2.05. The van der Waals surface area contributed by atoms with Crippen LogP contribution < -0.4 is 0 Å². The Morgan fingerprint density at radius 1 is 0.952 bits per heavy atom. The molecule has 0 bridgehead atoms. The van der Waals surface area contributed by atoms with Crippen LogP contribution in [0.4, 0.5) is 5.69 Å². The van der Waals surface area contributed by atoms with E-state index in [-0.39, 0.29) is 12.6 Å². The molecule has 0 saturated carbocycles. The summed E-state index contributed by atoms with van der Waals surface area (Å²) in [6.07, 6.45) is 0. The first-order valence-electron chi connectivity index (χ1n) is 6.29. The predicted octanol–water partition coefficient (Wildman–Crippen LogP) is 4.16. The number of esters is 1. The molecule has 3 rings (SSSR count). The monoisotopic (exact) mass is 391 g/mol. The molecule has 1 aliphatic rings. The van der Waals surface area contributed by atoms with Crippen LogP contribution in [0.25, 0.3) is 11.1 Å². The second-order valence-corrected chi connectivity index (χ2v) is 5.82. The van der Waals surface area contributed by atoms with E-state index in [2.05, 4.69) is 27.8 Å². The lowest BCUT2D eigenvalue weighted by atomic mass is 9.96. The minimum atomic E-state index is -0.316. The first-order chi connectivity index (χ1) is 10.2. The van der Waals surface area contributed by atoms with Crippen molar-refractivity contribution < 1.29 is 9.53 Å². The topological polar surface area (TPSA) is 55.7 Å². The van der Waals surface area contributed by atoms with Crippen LogP contribution in [0.5, 0.6) is 0 Å². The van der Waals surface area contributed by atoms with Gasteiger partial charge in [0.15, 0.2) is 0 Å². The second-order valence-electron chi connectivity index (χ2n) is 4.57. The third kappa shape index (κ3) is 2.73. The molecule has 1 heterocycles. The van der Waals surface area contributed by atoms with Crippen LogP contribution in [-0.2, 0) is 9.53 Å². The number of ether oxygens (including phenoxy) is 1. The Balaban J connectivity index is 2.09. The molecule has 4 nitrogen and oxygen atoms in total. The molecule has 0 aromatic heterocycles. The minimum Gasteiger partial charge on any atom is -0.457 e. The van der Waals surface area contributed by atoms with Gasteiger partial charge in [0.05, 0.1) is 5.57 Å². The molecule has 0 spiro atoms. The van der Waals surface area contributed by atoms with Gasteiger partial charge in [-0.15, -0.1) is 4.91 Å². The number of cyclic esters (lactones) is 1. The summed E-state index contributed by atoms with van der Waals surface area (Å²) in [5.41, 5.74) is 3.48. The molecule has 2 aromatic carbocycles. The molecule has 0 saturated heterocycles. The van der Waals surface area contributed by atoms with E-state index in [9.17, 15) is 9.70 Å². The van der Waals surface area contributed by atoms with Crippen molar-refractivity contribution in [1.82, 2.24) is 0 Å². The summed E-state index contributed by atoms with van der Waals surface area (Å²) >= 11 is 2.22. The maximum absolute atomic E-state index is 12.0. The Hall–Kier alpha value is -2.02. The van der Waals surface area contributed by atoms with Crippen molar-refractivity contribution in [2.24, 2.45) is 5.18 Å². The summed E-state index contributed by atoms with van der Waals surface area (Å²) in [6, 6.07) is 14.5. The largest absolute Gasteiger partial charge is 0.457 e. The molecule has 0 radical (unpaired) electrons. The summed E-state index contributed by atoms with van der Waals surface area (Å²) in [7, 11) is 0. The molecule has 0 fully saturated rings. The van der Waals surface area contributed by atoms with Crippen molar-refractivity contribution in [3.8, 4) is 0 Å². The normalized spacial score (nSPS) is 14.2. The highest BCUT2D eigenvalue weighted by Gasteiger charge is 2.27. The van der Waals surface area contributed by atoms with Gasteiger partial charge in [0.25, 0.3) is 0 Å². The lowest BCUT2D eigenvalue weighted by molar-refractivity contribution is -0.133. The Labute approximate surface area is 134 Å². The maximum Gasteiger partial charge on any atom is 0.339 e. The fraction of sp³-hybridized carbons (Fsp3) is 0.0625. The quantitative estimate of drug-likeness (QED) is 0.449. The number of nitroso groups, excluding NO2 is 1. The smallest absolute Gasteiger partial charge is 0.339 e. The molecule has 0 atom stereocenters. The summed E-state index contributed by atoms with van der Waals surface area (Å²) in [6.45, 7) is 0.244. The standard InChI is InChI=1S/C16H10INO3/c17-12-5-1-11(2-6-12)15-14(9-21-16(15)19)10-3-7-13(18-20)8-4-10/h1-8H,9H2. The van der Waals surface area contributed by atoms with E-state index in [1.807, 2.05) is 24.3 Å². The van der Waals surface area contributed by atoms with Crippen molar-refractivity contribution in [2.45, 2.75) is 0 Å². The number of benzene rings is 2. The highest BCUT2D eigenvalue weighted by molar-refractivity contribution is 14.1. The minimum absolute atomic E-state index is 0.244. The van der Waals surface area contributed by atoms with Gasteiger partial charge >= 0.3 is 5.97 Å². The zero-order valence-corrected chi connectivity index (χ0v) is 13.0. The van der Waals surface area contributed by atoms with Crippen LogP contribution in [0.1, 0.15) is 11.1 Å². The zero-order valence-electron chi connectivity index (χ0n) is 10.9. The molecule has 21 heavy (non-hydrogen) atoms. The lowest BCUT2D eigenvalue weighted by Crippen LogP contribution is -1.98. The van der Waals surface area contributed by atoms with Crippen LogP contribution in [0.3, 0.4) is 0 Å². The highest BCUT2D eigenvalue weighted by atomic mass is 127. The second kappa shape index (κ2) is 5.77. The van der Waals surface area contributed by atoms with Crippen LogP contribution in [-0.4, -0.2) is 12.6 Å². The van der Waals surface area contributed by atoms with Gasteiger partial charge in [0.1, 0.15) is 12.3 Å². The van der Waals surface area contributed by atoms with Gasteiger partial charge in [-0.25, -0.2) is 4.79 Å². The van der Waals surface area contributed by atoms with Crippen LogP contribution in [0, 0.1) is 8.48 Å². The van der Waals surface area contributed by atoms with Crippen LogP contribution in [0.15, 0.2) is 53.7 Å². The molecule has 104 valence electrons. The van der Waals surface area contributed by atoms with E-state index in [0.29, 0.717) is 11.3 Å². The SMILES string of the molecule is O=Nc1ccc(C2=C(c3ccc(I)cc3)C(=O)OC2)cc1. The molecule has 0 amide bonds. The van der Waals surface area contributed by atoms with E-state index in [0.717, 1.165) is 20.3 Å². The van der Waals surface area contributed by atoms with E-state index < -0.39 is 0 Å². The predicted molar refractivity (Wildman–Crippen MR) is 88.8 cm³/mol. The number of nitrogens with zero attached hydrogens (tertiary/aromatic N) is 1. The summed E-state index contributed by atoms with van der Waals surface area (Å²) in [4.78, 5) is 22.5. The van der Waals surface area contributed by atoms with Gasteiger partial charge < -0.3 is 4.74 Å². The van der Waals surface area contributed by atoms with E-state index in [4.69, 9.17) is 4.74 Å². The number of rotatable bonds is 3. The molecule has 5 heteroatoms. The first-order valence-corrected chi connectivity index (χ1v) is 7.37. The summed E-state index contributed by atoms with van der Waals surface area (Å²) in [5, 5.41) is 2.88. The average molecular weight is 391 g/mol. The van der Waals surface area contributed by atoms with Gasteiger partial charge in [-0.2, -0.15) is 0 Å². The van der Waals surface area contributed by atoms with Crippen LogP contribution >= 0.6 is 22.6 Å². The average Bonchev–Trinajstić information content (AvgIpc) is 2.90. The number of hydrogen-bond donors (Lipinski definition) is 0. The third-order valence-corrected chi connectivity index (χ3v) is 4.03. The summed E-state index contributed by atoms with van der Waals surface area (Å²) < 4.78 is 6.28. The molecular weight excluding hydrogens is 381 g/mol. The van der Waals surface area contributed by atoms with Gasteiger partial charge in [0, 0.05) is 9.14 Å². The van der Waals surface area contributed by atoms with Gasteiger partial charge in [0.2, 0.25) is 0 Å². The Kier molecular flexibility index (Phi) is 3.83. The molecule has 2 aromatic rings. The van der Waals surface area contributed by atoms with Crippen molar-refractivity contribution in [2.75, 3.05) is 6.61 Å². The molecule has 0 unspecified atom stereocenters. The van der Waals surface area contributed by atoms with E-state index in [1.54, 1.807) is 24.3 Å². The van der Waals surface area contributed by atoms with E-state index >= 15 is 0 Å². The van der Waals surface area contributed by atoms with Crippen LogP contribution in [0.2, 0.25) is 0 Å². The van der Waals surface area contributed by atoms with E-state index in [1.165, 1.54) is 0 Å². The Morgan fingerprint density at radius 2 is 1.57 bits per heavy atom. The van der Waals surface area contributed by atoms with Crippen molar-refractivity contribution >= 4 is 45.4 Å². The van der Waals surface area contributed by atoms with Gasteiger partial charge in [-0.1, -0.05) is 24.3 Å². The van der Waals surface area contributed by atoms with Crippen molar-refractivity contribution in [3.63, 3.8) is 0 Å². The molecule has 0 aliphatic carbocycles. The van der Waals surface area contributed by atoms with Gasteiger partial charge in [-0.3, -0.25) is 0 Å². The highest BCUT2D eigenvalue weighted by Crippen LogP contribution is 2.33. The molecule has 0 N–H and O–H groups in total. The fourth-order valence-corrected chi connectivity index (χ4v) is 2.62. The Bertz CT molecular complexity index is 733. The third-order valence-electron chi connectivity index (χ3n) is 3.31. The van der Waals surface area contributed by atoms with Gasteiger partial charge in [-0.05, 0) is 63.2 Å². The Morgan fingerprint density at radius 3 is 2.19 bits per heavy atom. The molecule has 1 aliphatic heterocycles.